The first-order chi connectivity index (χ1) is 11.9. The lowest BCUT2D eigenvalue weighted by Crippen LogP contribution is -2.29. The van der Waals surface area contributed by atoms with Crippen LogP contribution in [0.2, 0.25) is 5.02 Å². The third kappa shape index (κ3) is 5.06. The maximum atomic E-state index is 12.0. The molecule has 0 heterocycles. The number of anilines is 2. The zero-order chi connectivity index (χ0) is 18.4. The van der Waals surface area contributed by atoms with Crippen LogP contribution in [0.1, 0.15) is 22.8 Å². The van der Waals surface area contributed by atoms with Gasteiger partial charge in [-0.15, -0.1) is 0 Å². The minimum Gasteiger partial charge on any atom is -0.462 e. The van der Waals surface area contributed by atoms with Crippen molar-refractivity contribution in [3.63, 3.8) is 0 Å². The molecule has 2 amide bonds. The highest BCUT2D eigenvalue weighted by atomic mass is 35.5. The molecular formula is C18H17ClN2O4. The van der Waals surface area contributed by atoms with Crippen molar-refractivity contribution in [1.82, 2.24) is 0 Å². The van der Waals surface area contributed by atoms with Crippen molar-refractivity contribution >= 4 is 40.8 Å². The van der Waals surface area contributed by atoms with E-state index in [9.17, 15) is 14.4 Å². The number of hydrogen-bond donors (Lipinski definition) is 2. The molecule has 2 rings (SSSR count). The second-order valence-electron chi connectivity index (χ2n) is 5.17. The molecule has 0 radical (unpaired) electrons. The third-order valence-electron chi connectivity index (χ3n) is 3.31. The largest absolute Gasteiger partial charge is 0.462 e. The maximum Gasteiger partial charge on any atom is 0.338 e. The Labute approximate surface area is 150 Å². The van der Waals surface area contributed by atoms with E-state index in [0.717, 1.165) is 5.56 Å². The summed E-state index contributed by atoms with van der Waals surface area (Å²) in [6, 6.07) is 11.0. The predicted molar refractivity (Wildman–Crippen MR) is 95.8 cm³/mol. The van der Waals surface area contributed by atoms with Crippen LogP contribution >= 0.6 is 11.6 Å². The summed E-state index contributed by atoms with van der Waals surface area (Å²) in [7, 11) is 0. The van der Waals surface area contributed by atoms with Crippen LogP contribution in [0.4, 0.5) is 11.4 Å². The summed E-state index contributed by atoms with van der Waals surface area (Å²) in [5, 5.41) is 5.42. The number of benzene rings is 2. The van der Waals surface area contributed by atoms with Crippen molar-refractivity contribution in [3.8, 4) is 0 Å². The van der Waals surface area contributed by atoms with Gasteiger partial charge in [0.25, 0.3) is 0 Å². The van der Waals surface area contributed by atoms with Gasteiger partial charge in [-0.2, -0.15) is 0 Å². The number of rotatable bonds is 4. The normalized spacial score (nSPS) is 10.0. The van der Waals surface area contributed by atoms with Crippen LogP contribution in [-0.2, 0) is 14.3 Å². The van der Waals surface area contributed by atoms with E-state index in [1.807, 2.05) is 0 Å². The highest BCUT2D eigenvalue weighted by Crippen LogP contribution is 2.20. The Kier molecular flexibility index (Phi) is 6.14. The Hall–Kier alpha value is -2.86. The summed E-state index contributed by atoms with van der Waals surface area (Å²) in [4.78, 5) is 35.6. The highest BCUT2D eigenvalue weighted by Gasteiger charge is 2.15. The van der Waals surface area contributed by atoms with Crippen molar-refractivity contribution in [1.29, 1.82) is 0 Å². The number of aryl methyl sites for hydroxylation is 1. The summed E-state index contributed by atoms with van der Waals surface area (Å²) in [5.74, 6) is -2.10. The van der Waals surface area contributed by atoms with Crippen LogP contribution in [0.5, 0.6) is 0 Å². The molecule has 7 heteroatoms. The van der Waals surface area contributed by atoms with E-state index < -0.39 is 17.8 Å². The summed E-state index contributed by atoms with van der Waals surface area (Å²) < 4.78 is 4.87. The molecule has 0 unspecified atom stereocenters. The first-order valence-electron chi connectivity index (χ1n) is 7.56. The number of hydrogen-bond acceptors (Lipinski definition) is 4. The fraction of sp³-hybridized carbons (Fsp3) is 0.167. The van der Waals surface area contributed by atoms with E-state index in [4.69, 9.17) is 16.3 Å². The van der Waals surface area contributed by atoms with Crippen LogP contribution in [0.25, 0.3) is 0 Å². The maximum absolute atomic E-state index is 12.0. The first kappa shape index (κ1) is 18.5. The van der Waals surface area contributed by atoms with Crippen molar-refractivity contribution in [2.24, 2.45) is 0 Å². The van der Waals surface area contributed by atoms with E-state index in [0.29, 0.717) is 22.0 Å². The summed E-state index contributed by atoms with van der Waals surface area (Å²) in [6.07, 6.45) is 0. The molecule has 2 aromatic rings. The zero-order valence-electron chi connectivity index (χ0n) is 13.8. The summed E-state index contributed by atoms with van der Waals surface area (Å²) in [6.45, 7) is 3.78. The molecule has 0 saturated carbocycles. The predicted octanol–water partition coefficient (Wildman–Crippen LogP) is 3.40. The molecule has 2 aromatic carbocycles. The van der Waals surface area contributed by atoms with Gasteiger partial charge in [-0.05, 0) is 55.8 Å². The van der Waals surface area contributed by atoms with Gasteiger partial charge in [0.1, 0.15) is 0 Å². The molecule has 0 aromatic heterocycles. The molecule has 0 aliphatic rings. The van der Waals surface area contributed by atoms with E-state index >= 15 is 0 Å². The summed E-state index contributed by atoms with van der Waals surface area (Å²) in [5.41, 5.74) is 1.99. The Bertz CT molecular complexity index is 803. The number of carbonyl (C=O) groups is 3. The number of esters is 1. The van der Waals surface area contributed by atoms with E-state index in [1.54, 1.807) is 32.0 Å². The number of carbonyl (C=O) groups excluding carboxylic acids is 3. The zero-order valence-corrected chi connectivity index (χ0v) is 14.5. The summed E-state index contributed by atoms with van der Waals surface area (Å²) >= 11 is 5.88. The first-order valence-corrected chi connectivity index (χ1v) is 7.94. The number of halogens is 1. The monoisotopic (exact) mass is 360 g/mol. The lowest BCUT2D eigenvalue weighted by atomic mass is 10.2. The van der Waals surface area contributed by atoms with Crippen LogP contribution < -0.4 is 10.6 Å². The van der Waals surface area contributed by atoms with Crippen molar-refractivity contribution in [3.05, 3.63) is 58.6 Å². The lowest BCUT2D eigenvalue weighted by Gasteiger charge is -2.09. The Morgan fingerprint density at radius 2 is 1.64 bits per heavy atom. The van der Waals surface area contributed by atoms with Gasteiger partial charge in [0.2, 0.25) is 0 Å². The van der Waals surface area contributed by atoms with Gasteiger partial charge in [-0.3, -0.25) is 9.59 Å². The van der Waals surface area contributed by atoms with Gasteiger partial charge >= 0.3 is 17.8 Å². The van der Waals surface area contributed by atoms with Gasteiger partial charge in [-0.25, -0.2) is 4.79 Å². The average molecular weight is 361 g/mol. The molecule has 2 N–H and O–H groups in total. The molecule has 0 saturated heterocycles. The van der Waals surface area contributed by atoms with Gasteiger partial charge in [-0.1, -0.05) is 17.7 Å². The highest BCUT2D eigenvalue weighted by molar-refractivity contribution is 6.43. The van der Waals surface area contributed by atoms with E-state index in [-0.39, 0.29) is 6.61 Å². The molecule has 6 nitrogen and oxygen atoms in total. The SMILES string of the molecule is CCOC(=O)c1ccc(NC(=O)C(=O)Nc2cc(Cl)ccc2C)cc1. The molecule has 0 bridgehead atoms. The molecule has 0 spiro atoms. The quantitative estimate of drug-likeness (QED) is 0.646. The van der Waals surface area contributed by atoms with Crippen molar-refractivity contribution in [2.75, 3.05) is 17.2 Å². The number of amides is 2. The Balaban J connectivity index is 2.00. The average Bonchev–Trinajstić information content (AvgIpc) is 2.59. The van der Waals surface area contributed by atoms with E-state index in [2.05, 4.69) is 10.6 Å². The molecular weight excluding hydrogens is 344 g/mol. The second-order valence-corrected chi connectivity index (χ2v) is 5.60. The standard InChI is InChI=1S/C18H17ClN2O4/c1-3-25-18(24)12-5-8-14(9-6-12)20-16(22)17(23)21-15-10-13(19)7-4-11(15)2/h4-10H,3H2,1-2H3,(H,20,22)(H,21,23). The minimum atomic E-state index is -0.830. The fourth-order valence-electron chi connectivity index (χ4n) is 2.00. The topological polar surface area (TPSA) is 84.5 Å². The molecule has 0 aliphatic carbocycles. The van der Waals surface area contributed by atoms with Crippen LogP contribution in [0.3, 0.4) is 0 Å². The van der Waals surface area contributed by atoms with Crippen LogP contribution in [0, 0.1) is 6.92 Å². The molecule has 130 valence electrons. The molecule has 0 atom stereocenters. The van der Waals surface area contributed by atoms with Crippen LogP contribution in [0.15, 0.2) is 42.5 Å². The van der Waals surface area contributed by atoms with Crippen molar-refractivity contribution < 1.29 is 19.1 Å². The van der Waals surface area contributed by atoms with Gasteiger partial charge < -0.3 is 15.4 Å². The van der Waals surface area contributed by atoms with Crippen molar-refractivity contribution in [2.45, 2.75) is 13.8 Å². The number of nitrogens with one attached hydrogen (secondary N) is 2. The fourth-order valence-corrected chi connectivity index (χ4v) is 2.17. The smallest absolute Gasteiger partial charge is 0.338 e. The lowest BCUT2D eigenvalue weighted by molar-refractivity contribution is -0.133. The molecule has 0 fully saturated rings. The van der Waals surface area contributed by atoms with Gasteiger partial charge in [0.05, 0.1) is 12.2 Å². The van der Waals surface area contributed by atoms with Gasteiger partial charge in [0.15, 0.2) is 0 Å². The van der Waals surface area contributed by atoms with E-state index in [1.165, 1.54) is 24.3 Å². The van der Waals surface area contributed by atoms with Crippen LogP contribution in [-0.4, -0.2) is 24.4 Å². The number of ether oxygens (including phenoxy) is 1. The Morgan fingerprint density at radius 1 is 1.00 bits per heavy atom. The second kappa shape index (κ2) is 8.30. The molecule has 0 aliphatic heterocycles. The Morgan fingerprint density at radius 3 is 2.28 bits per heavy atom. The molecule has 25 heavy (non-hydrogen) atoms. The minimum absolute atomic E-state index is 0.278. The van der Waals surface area contributed by atoms with Gasteiger partial charge in [0, 0.05) is 16.4 Å². The third-order valence-corrected chi connectivity index (χ3v) is 3.54.